The number of β-amino-alcohol motifs (C(OH)–C–C–N with tert-alkyl or cyclic N) is 1. The Morgan fingerprint density at radius 3 is 2.95 bits per heavy atom. The SMILES string of the molecule is N#Cc1cccnc1N1C[C@H](O)C[C@@H]1c1cccc(F)c1. The Balaban J connectivity index is 2.02. The van der Waals surface area contributed by atoms with Crippen molar-refractivity contribution >= 4 is 5.82 Å². The van der Waals surface area contributed by atoms with E-state index in [0.29, 0.717) is 24.3 Å². The van der Waals surface area contributed by atoms with Crippen LogP contribution in [0.3, 0.4) is 0 Å². The average molecular weight is 283 g/mol. The summed E-state index contributed by atoms with van der Waals surface area (Å²) in [6, 6.07) is 11.6. The van der Waals surface area contributed by atoms with Crippen LogP contribution in [0.4, 0.5) is 10.2 Å². The molecular formula is C16H14FN3O. The van der Waals surface area contributed by atoms with E-state index in [0.717, 1.165) is 5.56 Å². The van der Waals surface area contributed by atoms with Crippen LogP contribution in [0.1, 0.15) is 23.6 Å². The maximum atomic E-state index is 13.4. The molecule has 1 saturated heterocycles. The summed E-state index contributed by atoms with van der Waals surface area (Å²) < 4.78 is 13.4. The zero-order chi connectivity index (χ0) is 14.8. The molecule has 21 heavy (non-hydrogen) atoms. The van der Waals surface area contributed by atoms with E-state index in [-0.39, 0.29) is 11.9 Å². The van der Waals surface area contributed by atoms with Gasteiger partial charge in [0.05, 0.1) is 17.7 Å². The number of aromatic nitrogens is 1. The molecule has 0 aliphatic carbocycles. The number of rotatable bonds is 2. The fourth-order valence-electron chi connectivity index (χ4n) is 2.79. The third kappa shape index (κ3) is 2.58. The summed E-state index contributed by atoms with van der Waals surface area (Å²) in [4.78, 5) is 6.14. The zero-order valence-corrected chi connectivity index (χ0v) is 11.3. The Labute approximate surface area is 122 Å². The monoisotopic (exact) mass is 283 g/mol. The lowest BCUT2D eigenvalue weighted by Crippen LogP contribution is -2.26. The van der Waals surface area contributed by atoms with Gasteiger partial charge in [-0.1, -0.05) is 12.1 Å². The van der Waals surface area contributed by atoms with Crippen molar-refractivity contribution in [2.75, 3.05) is 11.4 Å². The quantitative estimate of drug-likeness (QED) is 0.919. The maximum absolute atomic E-state index is 13.4. The van der Waals surface area contributed by atoms with Crippen molar-refractivity contribution in [2.45, 2.75) is 18.6 Å². The first-order chi connectivity index (χ1) is 10.2. The lowest BCUT2D eigenvalue weighted by molar-refractivity contribution is 0.194. The van der Waals surface area contributed by atoms with Crippen LogP contribution in [-0.2, 0) is 0 Å². The van der Waals surface area contributed by atoms with Crippen LogP contribution in [0.2, 0.25) is 0 Å². The second-order valence-electron chi connectivity index (χ2n) is 5.10. The Morgan fingerprint density at radius 2 is 2.19 bits per heavy atom. The minimum absolute atomic E-state index is 0.183. The molecule has 106 valence electrons. The van der Waals surface area contributed by atoms with E-state index in [1.165, 1.54) is 12.1 Å². The first-order valence-electron chi connectivity index (χ1n) is 6.74. The standard InChI is InChI=1S/C16H14FN3O/c17-13-5-1-3-11(7-13)15-8-14(21)10-20(15)16-12(9-18)4-2-6-19-16/h1-7,14-15,21H,8,10H2/t14-,15-/m1/s1. The van der Waals surface area contributed by atoms with Crippen LogP contribution >= 0.6 is 0 Å². The highest BCUT2D eigenvalue weighted by molar-refractivity contribution is 5.56. The van der Waals surface area contributed by atoms with Crippen molar-refractivity contribution in [1.29, 1.82) is 5.26 Å². The lowest BCUT2D eigenvalue weighted by atomic mass is 10.0. The van der Waals surface area contributed by atoms with Crippen LogP contribution in [0.25, 0.3) is 0 Å². The number of aliphatic hydroxyl groups is 1. The first-order valence-corrected chi connectivity index (χ1v) is 6.74. The molecule has 4 nitrogen and oxygen atoms in total. The van der Waals surface area contributed by atoms with Crippen LogP contribution in [0.5, 0.6) is 0 Å². The average Bonchev–Trinajstić information content (AvgIpc) is 2.89. The minimum atomic E-state index is -0.521. The fourth-order valence-corrected chi connectivity index (χ4v) is 2.79. The van der Waals surface area contributed by atoms with Crippen molar-refractivity contribution < 1.29 is 9.50 Å². The largest absolute Gasteiger partial charge is 0.391 e. The van der Waals surface area contributed by atoms with E-state index in [4.69, 9.17) is 0 Å². The number of halogens is 1. The predicted octanol–water partition coefficient (Wildman–Crippen LogP) is 2.40. The molecule has 1 aromatic carbocycles. The maximum Gasteiger partial charge on any atom is 0.147 e. The molecule has 1 fully saturated rings. The zero-order valence-electron chi connectivity index (χ0n) is 11.3. The van der Waals surface area contributed by atoms with E-state index in [1.54, 1.807) is 24.4 Å². The second-order valence-corrected chi connectivity index (χ2v) is 5.10. The van der Waals surface area contributed by atoms with Gasteiger partial charge in [0, 0.05) is 12.7 Å². The van der Waals surface area contributed by atoms with Crippen molar-refractivity contribution in [1.82, 2.24) is 4.98 Å². The summed E-state index contributed by atoms with van der Waals surface area (Å²) >= 11 is 0. The lowest BCUT2D eigenvalue weighted by Gasteiger charge is -2.26. The van der Waals surface area contributed by atoms with Gasteiger partial charge < -0.3 is 10.0 Å². The van der Waals surface area contributed by atoms with Crippen molar-refractivity contribution in [2.24, 2.45) is 0 Å². The molecule has 1 aromatic heterocycles. The van der Waals surface area contributed by atoms with Gasteiger partial charge in [-0.2, -0.15) is 5.26 Å². The van der Waals surface area contributed by atoms with E-state index < -0.39 is 6.10 Å². The van der Waals surface area contributed by atoms with Gasteiger partial charge in [-0.25, -0.2) is 9.37 Å². The fraction of sp³-hybridized carbons (Fsp3) is 0.250. The molecule has 2 aromatic rings. The van der Waals surface area contributed by atoms with Crippen LogP contribution in [0, 0.1) is 17.1 Å². The number of anilines is 1. The normalized spacial score (nSPS) is 21.3. The molecule has 0 radical (unpaired) electrons. The van der Waals surface area contributed by atoms with Crippen LogP contribution < -0.4 is 4.90 Å². The van der Waals surface area contributed by atoms with Gasteiger partial charge in [-0.3, -0.25) is 0 Å². The van der Waals surface area contributed by atoms with Gasteiger partial charge in [0.15, 0.2) is 0 Å². The Morgan fingerprint density at radius 1 is 1.33 bits per heavy atom. The number of benzene rings is 1. The molecule has 0 spiro atoms. The molecule has 2 atom stereocenters. The minimum Gasteiger partial charge on any atom is -0.391 e. The number of nitrogens with zero attached hydrogens (tertiary/aromatic N) is 3. The summed E-state index contributed by atoms with van der Waals surface area (Å²) in [5.41, 5.74) is 1.23. The van der Waals surface area contributed by atoms with Gasteiger partial charge in [-0.05, 0) is 36.2 Å². The van der Waals surface area contributed by atoms with Crippen molar-refractivity contribution in [3.8, 4) is 6.07 Å². The van der Waals surface area contributed by atoms with E-state index >= 15 is 0 Å². The van der Waals surface area contributed by atoms with Gasteiger partial charge >= 0.3 is 0 Å². The molecule has 5 heteroatoms. The molecule has 0 bridgehead atoms. The highest BCUT2D eigenvalue weighted by Crippen LogP contribution is 2.36. The molecule has 0 unspecified atom stereocenters. The van der Waals surface area contributed by atoms with E-state index in [1.807, 2.05) is 11.0 Å². The predicted molar refractivity (Wildman–Crippen MR) is 76.1 cm³/mol. The molecule has 0 amide bonds. The number of hydrogen-bond acceptors (Lipinski definition) is 4. The van der Waals surface area contributed by atoms with Gasteiger partial charge in [0.25, 0.3) is 0 Å². The highest BCUT2D eigenvalue weighted by Gasteiger charge is 2.34. The van der Waals surface area contributed by atoms with Crippen molar-refractivity contribution in [3.63, 3.8) is 0 Å². The van der Waals surface area contributed by atoms with Gasteiger partial charge in [-0.15, -0.1) is 0 Å². The molecule has 1 aliphatic heterocycles. The summed E-state index contributed by atoms with van der Waals surface area (Å²) in [7, 11) is 0. The summed E-state index contributed by atoms with van der Waals surface area (Å²) in [6.45, 7) is 0.382. The molecule has 1 aliphatic rings. The van der Waals surface area contributed by atoms with Crippen LogP contribution in [0.15, 0.2) is 42.6 Å². The molecule has 2 heterocycles. The summed E-state index contributed by atoms with van der Waals surface area (Å²) in [5, 5.41) is 19.2. The third-order valence-electron chi connectivity index (χ3n) is 3.69. The molecule has 1 N–H and O–H groups in total. The van der Waals surface area contributed by atoms with Crippen molar-refractivity contribution in [3.05, 3.63) is 59.5 Å². The number of pyridine rings is 1. The second kappa shape index (κ2) is 5.51. The topological polar surface area (TPSA) is 60.2 Å². The highest BCUT2D eigenvalue weighted by atomic mass is 19.1. The molecule has 3 rings (SSSR count). The van der Waals surface area contributed by atoms with Gasteiger partial charge in [0.2, 0.25) is 0 Å². The van der Waals surface area contributed by atoms with E-state index in [2.05, 4.69) is 11.1 Å². The first kappa shape index (κ1) is 13.5. The number of nitriles is 1. The summed E-state index contributed by atoms with van der Waals surface area (Å²) in [6.07, 6.45) is 1.58. The summed E-state index contributed by atoms with van der Waals surface area (Å²) in [5.74, 6) is 0.223. The van der Waals surface area contributed by atoms with E-state index in [9.17, 15) is 14.8 Å². The Kier molecular flexibility index (Phi) is 3.55. The molecular weight excluding hydrogens is 269 g/mol. The third-order valence-corrected chi connectivity index (χ3v) is 3.69. The number of hydrogen-bond donors (Lipinski definition) is 1. The smallest absolute Gasteiger partial charge is 0.147 e. The Hall–Kier alpha value is -2.45. The Bertz CT molecular complexity index is 698. The molecule has 0 saturated carbocycles. The van der Waals surface area contributed by atoms with Gasteiger partial charge in [0.1, 0.15) is 17.7 Å². The number of aliphatic hydroxyl groups excluding tert-OH is 1. The van der Waals surface area contributed by atoms with Crippen LogP contribution in [-0.4, -0.2) is 22.7 Å².